The van der Waals surface area contributed by atoms with Crippen molar-refractivity contribution < 1.29 is 32.5 Å². The van der Waals surface area contributed by atoms with Gasteiger partial charge in [-0.05, 0) is 43.4 Å². The molecule has 8 nitrogen and oxygen atoms in total. The molecule has 2 aromatic carbocycles. The first kappa shape index (κ1) is 28.7. The van der Waals surface area contributed by atoms with E-state index in [0.717, 1.165) is 17.5 Å². The molecule has 0 bridgehead atoms. The van der Waals surface area contributed by atoms with E-state index in [1.807, 2.05) is 51.1 Å². The van der Waals surface area contributed by atoms with Crippen molar-refractivity contribution in [3.8, 4) is 0 Å². The largest absolute Gasteiger partial charge is 0.459 e. The lowest BCUT2D eigenvalue weighted by Gasteiger charge is -2.30. The third kappa shape index (κ3) is 7.21. The van der Waals surface area contributed by atoms with Crippen LogP contribution in [0.5, 0.6) is 0 Å². The maximum atomic E-state index is 13.6. The van der Waals surface area contributed by atoms with Crippen molar-refractivity contribution in [1.82, 2.24) is 4.31 Å². The molecular weight excluding hydrogens is 506 g/mol. The van der Waals surface area contributed by atoms with E-state index < -0.39 is 28.0 Å². The van der Waals surface area contributed by atoms with Crippen LogP contribution in [-0.4, -0.2) is 68.6 Å². The maximum Gasteiger partial charge on any atom is 0.306 e. The summed E-state index contributed by atoms with van der Waals surface area (Å²) in [4.78, 5) is 13.2. The molecular formula is C29H39NO7S. The van der Waals surface area contributed by atoms with E-state index in [1.54, 1.807) is 24.3 Å². The Morgan fingerprint density at radius 2 is 1.79 bits per heavy atom. The zero-order valence-electron chi connectivity index (χ0n) is 22.4. The van der Waals surface area contributed by atoms with Gasteiger partial charge in [0.15, 0.2) is 6.29 Å². The SMILES string of the molecule is Cc1ccc(S(=O)(=O)N(CC(C)C)C[C@@H](O)[C@@H](CC(=O)O[C@H]2CO[C@H]3OCCC32)Cc2ccccc2)cc1. The van der Waals surface area contributed by atoms with Gasteiger partial charge in [0.2, 0.25) is 10.0 Å². The number of esters is 1. The van der Waals surface area contributed by atoms with Gasteiger partial charge in [0, 0.05) is 19.0 Å². The lowest BCUT2D eigenvalue weighted by atomic mass is 9.90. The molecule has 0 radical (unpaired) electrons. The zero-order chi connectivity index (χ0) is 27.3. The van der Waals surface area contributed by atoms with Crippen molar-refractivity contribution >= 4 is 16.0 Å². The van der Waals surface area contributed by atoms with Crippen LogP contribution in [-0.2, 0) is 35.4 Å². The van der Waals surface area contributed by atoms with Gasteiger partial charge >= 0.3 is 5.97 Å². The standard InChI is InChI=1S/C29H39NO7S/c1-20(2)17-30(38(33,34)24-11-9-21(3)10-12-24)18-26(31)23(15-22-7-5-4-6-8-22)16-28(32)37-27-19-36-29-25(27)13-14-35-29/h4-12,20,23,25-27,29,31H,13-19H2,1-3H3/t23-,25?,26-,27+,29-/m1/s1. The Kier molecular flexibility index (Phi) is 9.59. The Hall–Kier alpha value is -2.30. The van der Waals surface area contributed by atoms with Crippen molar-refractivity contribution in [3.63, 3.8) is 0 Å². The molecule has 4 rings (SSSR count). The molecule has 1 N–H and O–H groups in total. The number of carbonyl (C=O) groups excluding carboxylic acids is 1. The van der Waals surface area contributed by atoms with Crippen LogP contribution in [0.2, 0.25) is 0 Å². The minimum absolute atomic E-state index is 0.0256. The van der Waals surface area contributed by atoms with Crippen LogP contribution in [0.15, 0.2) is 59.5 Å². The zero-order valence-corrected chi connectivity index (χ0v) is 23.2. The molecule has 0 aliphatic carbocycles. The number of aryl methyl sites for hydroxylation is 1. The Bertz CT molecular complexity index is 1150. The smallest absolute Gasteiger partial charge is 0.306 e. The summed E-state index contributed by atoms with van der Waals surface area (Å²) in [5.74, 6) is -0.893. The van der Waals surface area contributed by atoms with Crippen LogP contribution in [0.1, 0.15) is 37.8 Å². The van der Waals surface area contributed by atoms with E-state index in [4.69, 9.17) is 14.2 Å². The van der Waals surface area contributed by atoms with Gasteiger partial charge in [-0.2, -0.15) is 4.31 Å². The minimum atomic E-state index is -3.84. The molecule has 5 atom stereocenters. The fourth-order valence-corrected chi connectivity index (χ4v) is 6.76. The van der Waals surface area contributed by atoms with Crippen LogP contribution in [0.4, 0.5) is 0 Å². The number of rotatable bonds is 12. The highest BCUT2D eigenvalue weighted by Crippen LogP contribution is 2.33. The topological polar surface area (TPSA) is 102 Å². The molecule has 1 unspecified atom stereocenters. The van der Waals surface area contributed by atoms with Crippen molar-refractivity contribution in [3.05, 3.63) is 65.7 Å². The number of hydrogen-bond donors (Lipinski definition) is 1. The van der Waals surface area contributed by atoms with Crippen molar-refractivity contribution in [2.24, 2.45) is 17.8 Å². The predicted molar refractivity (Wildman–Crippen MR) is 143 cm³/mol. The number of ether oxygens (including phenoxy) is 3. The van der Waals surface area contributed by atoms with Gasteiger partial charge in [0.25, 0.3) is 0 Å². The molecule has 2 fully saturated rings. The molecule has 0 amide bonds. The van der Waals surface area contributed by atoms with Gasteiger partial charge in [-0.1, -0.05) is 61.9 Å². The number of aliphatic hydroxyl groups excluding tert-OH is 1. The van der Waals surface area contributed by atoms with Crippen LogP contribution >= 0.6 is 0 Å². The molecule has 9 heteroatoms. The summed E-state index contributed by atoms with van der Waals surface area (Å²) >= 11 is 0. The van der Waals surface area contributed by atoms with Gasteiger partial charge < -0.3 is 19.3 Å². The van der Waals surface area contributed by atoms with Gasteiger partial charge in [-0.25, -0.2) is 8.42 Å². The molecule has 0 saturated carbocycles. The summed E-state index contributed by atoms with van der Waals surface area (Å²) < 4.78 is 45.3. The van der Waals surface area contributed by atoms with Gasteiger partial charge in [0.05, 0.1) is 36.6 Å². The second-order valence-electron chi connectivity index (χ2n) is 10.8. The Labute approximate surface area is 225 Å². The van der Waals surface area contributed by atoms with Crippen LogP contribution < -0.4 is 0 Å². The van der Waals surface area contributed by atoms with E-state index in [2.05, 4.69) is 0 Å². The highest BCUT2D eigenvalue weighted by Gasteiger charge is 2.44. The van der Waals surface area contributed by atoms with E-state index in [9.17, 15) is 18.3 Å². The minimum Gasteiger partial charge on any atom is -0.459 e. The van der Waals surface area contributed by atoms with E-state index in [0.29, 0.717) is 19.6 Å². The lowest BCUT2D eigenvalue weighted by molar-refractivity contribution is -0.153. The molecule has 2 aromatic rings. The van der Waals surface area contributed by atoms with Crippen molar-refractivity contribution in [2.45, 2.75) is 63.4 Å². The normalized spacial score (nSPS) is 22.9. The third-order valence-electron chi connectivity index (χ3n) is 7.20. The summed E-state index contributed by atoms with van der Waals surface area (Å²) in [6, 6.07) is 16.3. The second-order valence-corrected chi connectivity index (χ2v) is 12.7. The van der Waals surface area contributed by atoms with E-state index in [-0.39, 0.29) is 48.6 Å². The second kappa shape index (κ2) is 12.7. The first-order chi connectivity index (χ1) is 18.1. The first-order valence-electron chi connectivity index (χ1n) is 13.3. The monoisotopic (exact) mass is 545 g/mol. The molecule has 2 heterocycles. The molecule has 2 aliphatic rings. The van der Waals surface area contributed by atoms with Crippen LogP contribution in [0, 0.1) is 24.7 Å². The highest BCUT2D eigenvalue weighted by atomic mass is 32.2. The summed E-state index contributed by atoms with van der Waals surface area (Å²) in [5.41, 5.74) is 1.92. The van der Waals surface area contributed by atoms with Gasteiger partial charge in [-0.15, -0.1) is 0 Å². The number of hydrogen-bond acceptors (Lipinski definition) is 7. The van der Waals surface area contributed by atoms with Crippen LogP contribution in [0.3, 0.4) is 0 Å². The molecule has 208 valence electrons. The fourth-order valence-electron chi connectivity index (χ4n) is 5.13. The third-order valence-corrected chi connectivity index (χ3v) is 9.05. The fraction of sp³-hybridized carbons (Fsp3) is 0.552. The number of fused-ring (bicyclic) bond motifs is 1. The maximum absolute atomic E-state index is 13.6. The lowest BCUT2D eigenvalue weighted by Crippen LogP contribution is -2.43. The molecule has 0 aromatic heterocycles. The molecule has 2 saturated heterocycles. The van der Waals surface area contributed by atoms with Gasteiger partial charge in [0.1, 0.15) is 6.10 Å². The molecule has 0 spiro atoms. The first-order valence-corrected chi connectivity index (χ1v) is 14.8. The average Bonchev–Trinajstić information content (AvgIpc) is 3.49. The number of carbonyl (C=O) groups is 1. The number of aliphatic hydroxyl groups is 1. The number of nitrogens with zero attached hydrogens (tertiary/aromatic N) is 1. The van der Waals surface area contributed by atoms with Crippen molar-refractivity contribution in [2.75, 3.05) is 26.3 Å². The van der Waals surface area contributed by atoms with Crippen molar-refractivity contribution in [1.29, 1.82) is 0 Å². The summed E-state index contributed by atoms with van der Waals surface area (Å²) in [5, 5.41) is 11.4. The number of sulfonamides is 1. The van der Waals surface area contributed by atoms with E-state index >= 15 is 0 Å². The average molecular weight is 546 g/mol. The molecule has 38 heavy (non-hydrogen) atoms. The quantitative estimate of drug-likeness (QED) is 0.407. The summed E-state index contributed by atoms with van der Waals surface area (Å²) in [6.45, 7) is 6.78. The number of benzene rings is 2. The van der Waals surface area contributed by atoms with E-state index in [1.165, 1.54) is 4.31 Å². The van der Waals surface area contributed by atoms with Crippen LogP contribution in [0.25, 0.3) is 0 Å². The molecule has 2 aliphatic heterocycles. The predicted octanol–water partition coefficient (Wildman–Crippen LogP) is 3.56. The Balaban J connectivity index is 1.51. The van der Waals surface area contributed by atoms with Gasteiger partial charge in [-0.3, -0.25) is 4.79 Å². The summed E-state index contributed by atoms with van der Waals surface area (Å²) in [6.07, 6.45) is -0.624. The highest BCUT2D eigenvalue weighted by molar-refractivity contribution is 7.89. The Morgan fingerprint density at radius 1 is 1.08 bits per heavy atom. The summed E-state index contributed by atoms with van der Waals surface area (Å²) in [7, 11) is -3.84. The Morgan fingerprint density at radius 3 is 2.47 bits per heavy atom.